The molecule has 170 valence electrons. The lowest BCUT2D eigenvalue weighted by Crippen LogP contribution is -2.11. The molecule has 1 N–H and O–H groups in total. The van der Waals surface area contributed by atoms with Crippen LogP contribution in [0.3, 0.4) is 0 Å². The van der Waals surface area contributed by atoms with Gasteiger partial charge in [-0.05, 0) is 50.2 Å². The molecule has 33 heavy (non-hydrogen) atoms. The number of methoxy groups -OCH3 is 2. The van der Waals surface area contributed by atoms with Crippen molar-refractivity contribution in [2.45, 2.75) is 13.8 Å². The van der Waals surface area contributed by atoms with Crippen LogP contribution in [0.15, 0.2) is 47.8 Å². The number of nitrogens with zero attached hydrogens (tertiary/aromatic N) is 2. The molecule has 0 spiro atoms. The van der Waals surface area contributed by atoms with E-state index in [0.717, 1.165) is 21.9 Å². The van der Waals surface area contributed by atoms with Gasteiger partial charge in [0.2, 0.25) is 0 Å². The first-order valence-electron chi connectivity index (χ1n) is 10.2. The Labute approximate surface area is 200 Å². The summed E-state index contributed by atoms with van der Waals surface area (Å²) in [5.74, 6) is 1.92. The van der Waals surface area contributed by atoms with Crippen molar-refractivity contribution in [2.75, 3.05) is 26.1 Å². The molecular weight excluding hydrogens is 458 g/mol. The summed E-state index contributed by atoms with van der Waals surface area (Å²) in [6.45, 7) is 4.39. The van der Waals surface area contributed by atoms with Gasteiger partial charge in [-0.25, -0.2) is 9.97 Å². The molecule has 4 rings (SSSR count). The van der Waals surface area contributed by atoms with E-state index >= 15 is 0 Å². The zero-order chi connectivity index (χ0) is 23.4. The van der Waals surface area contributed by atoms with Crippen molar-refractivity contribution in [1.29, 1.82) is 0 Å². The molecule has 0 aliphatic heterocycles. The average Bonchev–Trinajstić information content (AvgIpc) is 3.46. The third kappa shape index (κ3) is 4.99. The average molecular weight is 482 g/mol. The van der Waals surface area contributed by atoms with Crippen molar-refractivity contribution in [3.8, 4) is 39.1 Å². The lowest BCUT2D eigenvalue weighted by molar-refractivity contribution is 0.103. The van der Waals surface area contributed by atoms with E-state index in [9.17, 15) is 4.79 Å². The van der Waals surface area contributed by atoms with Gasteiger partial charge in [-0.1, -0.05) is 0 Å². The van der Waals surface area contributed by atoms with Gasteiger partial charge in [0.05, 0.1) is 32.2 Å². The molecule has 4 aromatic rings. The third-order valence-electron chi connectivity index (χ3n) is 4.82. The first-order valence-corrected chi connectivity index (χ1v) is 11.9. The number of thiazole rings is 2. The smallest absolute Gasteiger partial charge is 0.269 e. The summed E-state index contributed by atoms with van der Waals surface area (Å²) in [7, 11) is 3.20. The molecule has 2 aromatic carbocycles. The van der Waals surface area contributed by atoms with E-state index < -0.39 is 0 Å². The van der Waals surface area contributed by atoms with Crippen molar-refractivity contribution < 1.29 is 19.0 Å². The summed E-state index contributed by atoms with van der Waals surface area (Å²) < 4.78 is 16.2. The van der Waals surface area contributed by atoms with Gasteiger partial charge < -0.3 is 14.2 Å². The zero-order valence-corrected chi connectivity index (χ0v) is 20.3. The van der Waals surface area contributed by atoms with E-state index in [1.54, 1.807) is 20.3 Å². The van der Waals surface area contributed by atoms with E-state index in [1.807, 2.05) is 55.6 Å². The quantitative estimate of drug-likeness (QED) is 0.337. The second kappa shape index (κ2) is 10.0. The van der Waals surface area contributed by atoms with E-state index in [2.05, 4.69) is 15.3 Å². The molecule has 9 heteroatoms. The second-order valence-corrected chi connectivity index (χ2v) is 8.81. The first-order chi connectivity index (χ1) is 16.0. The fourth-order valence-corrected chi connectivity index (χ4v) is 4.88. The van der Waals surface area contributed by atoms with Crippen LogP contribution in [0.4, 0.5) is 5.13 Å². The summed E-state index contributed by atoms with van der Waals surface area (Å²) in [4.78, 5) is 22.6. The van der Waals surface area contributed by atoms with E-state index in [-0.39, 0.29) is 5.91 Å². The standard InChI is InChI=1S/C24H23N3O4S2/c1-5-31-16-8-6-15(7-9-16)23-25-14(2)21(33-23)22(28)27-24-26-19(13-32-24)18-11-10-17(29-3)12-20(18)30-4/h6-13H,5H2,1-4H3,(H,26,27,28). The molecule has 0 saturated carbocycles. The Morgan fingerprint density at radius 2 is 1.79 bits per heavy atom. The Balaban J connectivity index is 1.51. The van der Waals surface area contributed by atoms with Crippen LogP contribution in [-0.4, -0.2) is 36.7 Å². The van der Waals surface area contributed by atoms with Crippen molar-refractivity contribution in [2.24, 2.45) is 0 Å². The summed E-state index contributed by atoms with van der Waals surface area (Å²) in [5.41, 5.74) is 3.15. The predicted molar refractivity (Wildman–Crippen MR) is 132 cm³/mol. The van der Waals surface area contributed by atoms with E-state index in [1.165, 1.54) is 22.7 Å². The van der Waals surface area contributed by atoms with Gasteiger partial charge in [-0.3, -0.25) is 10.1 Å². The number of amides is 1. The lowest BCUT2D eigenvalue weighted by atomic mass is 10.1. The number of nitrogens with one attached hydrogen (secondary N) is 1. The molecular formula is C24H23N3O4S2. The number of hydrogen-bond donors (Lipinski definition) is 1. The van der Waals surface area contributed by atoms with Crippen molar-refractivity contribution >= 4 is 33.7 Å². The van der Waals surface area contributed by atoms with Crippen LogP contribution in [0.25, 0.3) is 21.8 Å². The Hall–Kier alpha value is -3.43. The van der Waals surface area contributed by atoms with Crippen molar-refractivity contribution in [3.63, 3.8) is 0 Å². The molecule has 0 unspecified atom stereocenters. The largest absolute Gasteiger partial charge is 0.497 e. The zero-order valence-electron chi connectivity index (χ0n) is 18.7. The second-order valence-electron chi connectivity index (χ2n) is 6.95. The number of aryl methyl sites for hydroxylation is 1. The highest BCUT2D eigenvalue weighted by atomic mass is 32.1. The number of aromatic nitrogens is 2. The molecule has 0 fully saturated rings. The van der Waals surface area contributed by atoms with Crippen LogP contribution >= 0.6 is 22.7 Å². The predicted octanol–water partition coefficient (Wildman–Crippen LogP) is 5.91. The number of hydrogen-bond acceptors (Lipinski definition) is 8. The SMILES string of the molecule is CCOc1ccc(-c2nc(C)c(C(=O)Nc3nc(-c4ccc(OC)cc4OC)cs3)s2)cc1. The van der Waals surface area contributed by atoms with Crippen LogP contribution in [0.2, 0.25) is 0 Å². The number of benzene rings is 2. The molecule has 0 aliphatic rings. The molecule has 7 nitrogen and oxygen atoms in total. The molecule has 1 amide bonds. The molecule has 0 bridgehead atoms. The molecule has 0 aliphatic carbocycles. The van der Waals surface area contributed by atoms with Crippen LogP contribution in [0.1, 0.15) is 22.3 Å². The summed E-state index contributed by atoms with van der Waals surface area (Å²) in [5, 5.41) is 6.06. The Morgan fingerprint density at radius 1 is 1.03 bits per heavy atom. The topological polar surface area (TPSA) is 82.6 Å². The van der Waals surface area contributed by atoms with Crippen molar-refractivity contribution in [1.82, 2.24) is 9.97 Å². The lowest BCUT2D eigenvalue weighted by Gasteiger charge is -2.08. The molecule has 0 saturated heterocycles. The molecule has 2 aromatic heterocycles. The normalized spacial score (nSPS) is 10.7. The van der Waals surface area contributed by atoms with E-state index in [0.29, 0.717) is 39.5 Å². The molecule has 0 radical (unpaired) electrons. The first kappa shape index (κ1) is 22.8. The number of anilines is 1. The highest BCUT2D eigenvalue weighted by molar-refractivity contribution is 7.17. The van der Waals surface area contributed by atoms with Gasteiger partial charge >= 0.3 is 0 Å². The van der Waals surface area contributed by atoms with Gasteiger partial charge in [0.15, 0.2) is 5.13 Å². The summed E-state index contributed by atoms with van der Waals surface area (Å²) in [6, 6.07) is 13.2. The monoisotopic (exact) mass is 481 g/mol. The highest BCUT2D eigenvalue weighted by Gasteiger charge is 2.19. The van der Waals surface area contributed by atoms with Crippen LogP contribution in [0.5, 0.6) is 17.2 Å². The fourth-order valence-electron chi connectivity index (χ4n) is 3.21. The van der Waals surface area contributed by atoms with Crippen LogP contribution in [0, 0.1) is 6.92 Å². The summed E-state index contributed by atoms with van der Waals surface area (Å²) >= 11 is 2.70. The number of ether oxygens (including phenoxy) is 3. The number of carbonyl (C=O) groups is 1. The Bertz CT molecular complexity index is 1270. The minimum Gasteiger partial charge on any atom is -0.497 e. The maximum absolute atomic E-state index is 12.9. The van der Waals surface area contributed by atoms with Gasteiger partial charge in [0, 0.05) is 22.6 Å². The highest BCUT2D eigenvalue weighted by Crippen LogP contribution is 2.35. The van der Waals surface area contributed by atoms with Gasteiger partial charge in [0.1, 0.15) is 27.1 Å². The van der Waals surface area contributed by atoms with Crippen LogP contribution < -0.4 is 19.5 Å². The number of carbonyl (C=O) groups excluding carboxylic acids is 1. The fraction of sp³-hybridized carbons (Fsp3) is 0.208. The Kier molecular flexibility index (Phi) is 6.90. The van der Waals surface area contributed by atoms with Crippen LogP contribution in [-0.2, 0) is 0 Å². The summed E-state index contributed by atoms with van der Waals surface area (Å²) in [6.07, 6.45) is 0. The molecule has 2 heterocycles. The minimum atomic E-state index is -0.232. The minimum absolute atomic E-state index is 0.232. The van der Waals surface area contributed by atoms with Gasteiger partial charge in [-0.2, -0.15) is 0 Å². The van der Waals surface area contributed by atoms with Crippen molar-refractivity contribution in [3.05, 3.63) is 58.4 Å². The van der Waals surface area contributed by atoms with Gasteiger partial charge in [0.25, 0.3) is 5.91 Å². The maximum Gasteiger partial charge on any atom is 0.269 e. The van der Waals surface area contributed by atoms with E-state index in [4.69, 9.17) is 14.2 Å². The molecule has 0 atom stereocenters. The number of rotatable bonds is 8. The Morgan fingerprint density at radius 3 is 2.48 bits per heavy atom. The maximum atomic E-state index is 12.9. The third-order valence-corrected chi connectivity index (χ3v) is 6.79. The van der Waals surface area contributed by atoms with Gasteiger partial charge in [-0.15, -0.1) is 22.7 Å².